The molecule has 3 nitrogen and oxygen atoms in total. The van der Waals surface area contributed by atoms with Gasteiger partial charge in [-0.05, 0) is 96.9 Å². The Labute approximate surface area is 324 Å². The van der Waals surface area contributed by atoms with Crippen LogP contribution in [0.25, 0.3) is 105 Å². The molecule has 0 saturated carbocycles. The van der Waals surface area contributed by atoms with Gasteiger partial charge in [0.2, 0.25) is 0 Å². The van der Waals surface area contributed by atoms with Crippen molar-refractivity contribution in [1.82, 2.24) is 9.55 Å². The van der Waals surface area contributed by atoms with E-state index in [1.54, 1.807) is 0 Å². The molecule has 0 bridgehead atoms. The van der Waals surface area contributed by atoms with Gasteiger partial charge in [0.05, 0.1) is 16.7 Å². The molecule has 3 heteroatoms. The van der Waals surface area contributed by atoms with Crippen LogP contribution < -0.4 is 0 Å². The number of aryl methyl sites for hydroxylation is 1. The minimum absolute atomic E-state index is 0.843. The molecular weight excluding hydrogens is 681 g/mol. The molecule has 0 atom stereocenters. The number of hydrogen-bond acceptors (Lipinski definition) is 2. The molecule has 11 rings (SSSR count). The SMILES string of the molecule is CCc1nc2ccccc2n1-c1ccccc1-c1ccc(-c2c3ccccc3c(-c3cccc4oc5ccccc5c34)c3cc(-c4ccccc4)ccc23)cc1. The van der Waals surface area contributed by atoms with E-state index in [2.05, 4.69) is 193 Å². The van der Waals surface area contributed by atoms with Gasteiger partial charge in [0.25, 0.3) is 0 Å². The standard InChI is InChI=1S/C53H36N2O/c1-2-50-54-45-22-10-12-24-47(45)55(50)46-23-11-8-17-38(46)35-27-29-36(30-28-35)51-39-18-6-7-19-40(39)52(44-33-37(31-32-41(44)51)34-15-4-3-5-16-34)43-21-14-26-49-53(43)42-20-9-13-25-48(42)56-49/h3-33H,2H2,1H3. The number of hydrogen-bond donors (Lipinski definition) is 0. The van der Waals surface area contributed by atoms with Crippen molar-refractivity contribution in [2.45, 2.75) is 13.3 Å². The molecule has 0 unspecified atom stereocenters. The molecule has 264 valence electrons. The van der Waals surface area contributed by atoms with Crippen LogP contribution in [0.3, 0.4) is 0 Å². The summed E-state index contributed by atoms with van der Waals surface area (Å²) in [5.41, 5.74) is 14.6. The molecule has 0 saturated heterocycles. The second-order valence-corrected chi connectivity index (χ2v) is 14.5. The van der Waals surface area contributed by atoms with Crippen LogP contribution in [0.15, 0.2) is 192 Å². The lowest BCUT2D eigenvalue weighted by molar-refractivity contribution is 0.669. The Balaban J connectivity index is 1.15. The maximum Gasteiger partial charge on any atom is 0.136 e. The fraction of sp³-hybridized carbons (Fsp3) is 0.0377. The maximum absolute atomic E-state index is 6.43. The zero-order valence-electron chi connectivity index (χ0n) is 30.9. The third-order valence-electron chi connectivity index (χ3n) is 11.4. The minimum atomic E-state index is 0.843. The smallest absolute Gasteiger partial charge is 0.136 e. The summed E-state index contributed by atoms with van der Waals surface area (Å²) < 4.78 is 8.76. The predicted octanol–water partition coefficient (Wildman–Crippen LogP) is 14.5. The highest BCUT2D eigenvalue weighted by atomic mass is 16.3. The third-order valence-corrected chi connectivity index (χ3v) is 11.4. The number of nitrogens with zero attached hydrogens (tertiary/aromatic N) is 2. The molecule has 0 N–H and O–H groups in total. The van der Waals surface area contributed by atoms with Crippen LogP contribution >= 0.6 is 0 Å². The Morgan fingerprint density at radius 2 is 1.07 bits per heavy atom. The number of aromatic nitrogens is 2. The Hall–Kier alpha value is -7.23. The highest BCUT2D eigenvalue weighted by molar-refractivity contribution is 6.26. The highest BCUT2D eigenvalue weighted by Gasteiger charge is 2.21. The van der Waals surface area contributed by atoms with E-state index in [1.165, 1.54) is 66.1 Å². The zero-order valence-corrected chi connectivity index (χ0v) is 30.9. The summed E-state index contributed by atoms with van der Waals surface area (Å²) in [5, 5.41) is 7.14. The van der Waals surface area contributed by atoms with Crippen molar-refractivity contribution in [3.05, 3.63) is 194 Å². The lowest BCUT2D eigenvalue weighted by Crippen LogP contribution is -2.02. The van der Waals surface area contributed by atoms with Gasteiger partial charge in [-0.25, -0.2) is 4.98 Å². The number of rotatable bonds is 6. The summed E-state index contributed by atoms with van der Waals surface area (Å²) >= 11 is 0. The van der Waals surface area contributed by atoms with E-state index in [4.69, 9.17) is 9.40 Å². The molecule has 0 radical (unpaired) electrons. The number of imidazole rings is 1. The second-order valence-electron chi connectivity index (χ2n) is 14.5. The molecule has 56 heavy (non-hydrogen) atoms. The van der Waals surface area contributed by atoms with Gasteiger partial charge in [-0.3, -0.25) is 4.57 Å². The minimum Gasteiger partial charge on any atom is -0.456 e. The lowest BCUT2D eigenvalue weighted by atomic mass is 9.83. The van der Waals surface area contributed by atoms with Gasteiger partial charge in [-0.2, -0.15) is 0 Å². The first-order valence-electron chi connectivity index (χ1n) is 19.4. The molecule has 0 spiro atoms. The van der Waals surface area contributed by atoms with Gasteiger partial charge < -0.3 is 4.42 Å². The largest absolute Gasteiger partial charge is 0.456 e. The van der Waals surface area contributed by atoms with Gasteiger partial charge in [0, 0.05) is 22.8 Å². The lowest BCUT2D eigenvalue weighted by Gasteiger charge is -2.20. The first-order valence-corrected chi connectivity index (χ1v) is 19.4. The predicted molar refractivity (Wildman–Crippen MR) is 234 cm³/mol. The summed E-state index contributed by atoms with van der Waals surface area (Å²) in [7, 11) is 0. The molecule has 0 fully saturated rings. The van der Waals surface area contributed by atoms with Gasteiger partial charge in [0.15, 0.2) is 0 Å². The molecule has 2 heterocycles. The maximum atomic E-state index is 6.43. The van der Waals surface area contributed by atoms with Crippen LogP contribution in [0.4, 0.5) is 0 Å². The van der Waals surface area contributed by atoms with Crippen LogP contribution in [0.1, 0.15) is 12.7 Å². The zero-order chi connectivity index (χ0) is 37.2. The average molecular weight is 717 g/mol. The quantitative estimate of drug-likeness (QED) is 0.160. The van der Waals surface area contributed by atoms with Crippen molar-refractivity contribution in [3.8, 4) is 50.2 Å². The molecule has 0 aliphatic carbocycles. The molecule has 2 aromatic heterocycles. The van der Waals surface area contributed by atoms with Crippen molar-refractivity contribution in [1.29, 1.82) is 0 Å². The van der Waals surface area contributed by atoms with Crippen molar-refractivity contribution in [2.24, 2.45) is 0 Å². The average Bonchev–Trinajstić information content (AvgIpc) is 3.84. The highest BCUT2D eigenvalue weighted by Crippen LogP contribution is 2.48. The van der Waals surface area contributed by atoms with Gasteiger partial charge in [-0.15, -0.1) is 0 Å². The van der Waals surface area contributed by atoms with Crippen molar-refractivity contribution < 1.29 is 4.42 Å². The number of benzene rings is 9. The van der Waals surface area contributed by atoms with Crippen LogP contribution in [0.5, 0.6) is 0 Å². The first kappa shape index (κ1) is 32.2. The van der Waals surface area contributed by atoms with E-state index in [-0.39, 0.29) is 0 Å². The molecule has 11 aromatic rings. The second kappa shape index (κ2) is 13.0. The fourth-order valence-corrected chi connectivity index (χ4v) is 8.88. The normalized spacial score (nSPS) is 11.7. The molecule has 0 amide bonds. The van der Waals surface area contributed by atoms with Crippen molar-refractivity contribution >= 4 is 54.5 Å². The van der Waals surface area contributed by atoms with E-state index in [0.29, 0.717) is 0 Å². The van der Waals surface area contributed by atoms with Crippen LogP contribution in [-0.2, 0) is 6.42 Å². The van der Waals surface area contributed by atoms with Gasteiger partial charge in [-0.1, -0.05) is 159 Å². The molecular formula is C53H36N2O. The number of furan rings is 1. The molecule has 0 aliphatic rings. The summed E-state index contributed by atoms with van der Waals surface area (Å²) in [5.74, 6) is 1.06. The van der Waals surface area contributed by atoms with E-state index in [1.807, 2.05) is 6.07 Å². The third kappa shape index (κ3) is 5.02. The van der Waals surface area contributed by atoms with E-state index in [9.17, 15) is 0 Å². The van der Waals surface area contributed by atoms with Crippen molar-refractivity contribution in [2.75, 3.05) is 0 Å². The number of fused-ring (bicyclic) bond motifs is 6. The van der Waals surface area contributed by atoms with Crippen molar-refractivity contribution in [3.63, 3.8) is 0 Å². The summed E-state index contributed by atoms with van der Waals surface area (Å²) in [6.45, 7) is 2.18. The fourth-order valence-electron chi connectivity index (χ4n) is 8.88. The molecule has 9 aromatic carbocycles. The van der Waals surface area contributed by atoms with Crippen LogP contribution in [-0.4, -0.2) is 9.55 Å². The molecule has 0 aliphatic heterocycles. The summed E-state index contributed by atoms with van der Waals surface area (Å²) in [6.07, 6.45) is 0.843. The van der Waals surface area contributed by atoms with E-state index < -0.39 is 0 Å². The van der Waals surface area contributed by atoms with Crippen LogP contribution in [0, 0.1) is 0 Å². The number of para-hydroxylation sites is 4. The van der Waals surface area contributed by atoms with Crippen LogP contribution in [0.2, 0.25) is 0 Å². The summed E-state index contributed by atoms with van der Waals surface area (Å²) in [4.78, 5) is 4.99. The summed E-state index contributed by atoms with van der Waals surface area (Å²) in [6, 6.07) is 67.7. The topological polar surface area (TPSA) is 31.0 Å². The Bertz CT molecular complexity index is 3280. The Morgan fingerprint density at radius 3 is 1.91 bits per heavy atom. The monoisotopic (exact) mass is 716 g/mol. The van der Waals surface area contributed by atoms with E-state index in [0.717, 1.165) is 50.9 Å². The Morgan fingerprint density at radius 1 is 0.446 bits per heavy atom. The van der Waals surface area contributed by atoms with Gasteiger partial charge in [0.1, 0.15) is 17.0 Å². The van der Waals surface area contributed by atoms with E-state index >= 15 is 0 Å². The van der Waals surface area contributed by atoms with Gasteiger partial charge >= 0.3 is 0 Å². The first-order chi connectivity index (χ1) is 27.7. The Kier molecular flexibility index (Phi) is 7.46.